The molecule has 118 valence electrons. The Bertz CT molecular complexity index is 468. The first-order valence-electron chi connectivity index (χ1n) is 8.19. The van der Waals surface area contributed by atoms with Gasteiger partial charge in [0.15, 0.2) is 0 Å². The number of hydrogen-bond donors (Lipinski definition) is 2. The quantitative estimate of drug-likeness (QED) is 0.858. The highest BCUT2D eigenvalue weighted by molar-refractivity contribution is 5.37. The van der Waals surface area contributed by atoms with Crippen LogP contribution in [0.1, 0.15) is 63.6 Å². The molecule has 2 unspecified atom stereocenters. The third kappa shape index (κ3) is 3.78. The second-order valence-corrected chi connectivity index (χ2v) is 6.38. The van der Waals surface area contributed by atoms with Crippen molar-refractivity contribution in [3.63, 3.8) is 0 Å². The number of nitrogens with one attached hydrogen (secondary N) is 1. The van der Waals surface area contributed by atoms with E-state index in [1.54, 1.807) is 6.07 Å². The second kappa shape index (κ2) is 6.80. The number of ether oxygens (including phenoxy) is 1. The summed E-state index contributed by atoms with van der Waals surface area (Å²) in [6.45, 7) is 9.43. The highest BCUT2D eigenvalue weighted by Crippen LogP contribution is 2.33. The molecule has 1 saturated heterocycles. The lowest BCUT2D eigenvalue weighted by atomic mass is 9.85. The van der Waals surface area contributed by atoms with Crippen molar-refractivity contribution in [1.29, 1.82) is 0 Å². The van der Waals surface area contributed by atoms with Crippen LogP contribution in [0.5, 0.6) is 5.75 Å². The van der Waals surface area contributed by atoms with Gasteiger partial charge in [0.2, 0.25) is 0 Å². The Kier molecular flexibility index (Phi) is 5.28. The lowest BCUT2D eigenvalue weighted by molar-refractivity contribution is -0.0939. The summed E-state index contributed by atoms with van der Waals surface area (Å²) in [5, 5.41) is 13.8. The van der Waals surface area contributed by atoms with E-state index in [9.17, 15) is 5.11 Å². The summed E-state index contributed by atoms with van der Waals surface area (Å²) in [6, 6.07) is 6.40. The zero-order chi connectivity index (χ0) is 15.5. The van der Waals surface area contributed by atoms with Crippen molar-refractivity contribution >= 4 is 0 Å². The van der Waals surface area contributed by atoms with Crippen molar-refractivity contribution in [3.05, 3.63) is 29.3 Å². The summed E-state index contributed by atoms with van der Waals surface area (Å²) >= 11 is 0. The van der Waals surface area contributed by atoms with E-state index in [0.29, 0.717) is 11.8 Å². The van der Waals surface area contributed by atoms with E-state index >= 15 is 0 Å². The molecule has 0 bridgehead atoms. The van der Waals surface area contributed by atoms with Crippen LogP contribution in [0, 0.1) is 6.92 Å². The maximum absolute atomic E-state index is 10.1. The normalized spacial score (nSPS) is 23.0. The van der Waals surface area contributed by atoms with Crippen LogP contribution in [0.2, 0.25) is 0 Å². The van der Waals surface area contributed by atoms with E-state index < -0.39 is 0 Å². The van der Waals surface area contributed by atoms with E-state index in [-0.39, 0.29) is 11.6 Å². The lowest BCUT2D eigenvalue weighted by Gasteiger charge is -2.41. The third-order valence-corrected chi connectivity index (χ3v) is 4.92. The van der Waals surface area contributed by atoms with Gasteiger partial charge in [-0.2, -0.15) is 0 Å². The first-order valence-corrected chi connectivity index (χ1v) is 8.19. The standard InChI is InChI=1S/C18H29NO2/c1-5-18(6-2)12-15(9-10-21-18)19-14(4)16-11-13(3)7-8-17(16)20/h7-8,11,14-15,19-20H,5-6,9-10,12H2,1-4H3. The van der Waals surface area contributed by atoms with Gasteiger partial charge in [0.25, 0.3) is 0 Å². The number of aryl methyl sites for hydroxylation is 1. The van der Waals surface area contributed by atoms with Gasteiger partial charge in [-0.05, 0) is 45.6 Å². The molecule has 0 aliphatic carbocycles. The molecule has 2 atom stereocenters. The number of phenolic OH excluding ortho intramolecular Hbond substituents is 1. The van der Waals surface area contributed by atoms with Crippen molar-refractivity contribution in [2.45, 2.75) is 71.1 Å². The van der Waals surface area contributed by atoms with E-state index in [4.69, 9.17) is 4.74 Å². The highest BCUT2D eigenvalue weighted by Gasteiger charge is 2.34. The minimum absolute atomic E-state index is 0.0320. The van der Waals surface area contributed by atoms with Crippen molar-refractivity contribution in [2.75, 3.05) is 6.61 Å². The van der Waals surface area contributed by atoms with Gasteiger partial charge in [-0.15, -0.1) is 0 Å². The average molecular weight is 291 g/mol. The first kappa shape index (κ1) is 16.3. The van der Waals surface area contributed by atoms with Crippen LogP contribution in [0.15, 0.2) is 18.2 Å². The third-order valence-electron chi connectivity index (χ3n) is 4.92. The Hall–Kier alpha value is -1.06. The second-order valence-electron chi connectivity index (χ2n) is 6.38. The molecule has 0 radical (unpaired) electrons. The predicted molar refractivity (Wildman–Crippen MR) is 86.7 cm³/mol. The number of rotatable bonds is 5. The zero-order valence-electron chi connectivity index (χ0n) is 13.8. The number of aromatic hydroxyl groups is 1. The molecule has 1 aliphatic rings. The van der Waals surface area contributed by atoms with E-state index in [0.717, 1.165) is 37.9 Å². The monoisotopic (exact) mass is 291 g/mol. The minimum Gasteiger partial charge on any atom is -0.508 e. The van der Waals surface area contributed by atoms with Gasteiger partial charge in [0.1, 0.15) is 5.75 Å². The molecule has 1 fully saturated rings. The van der Waals surface area contributed by atoms with Crippen molar-refractivity contribution in [3.8, 4) is 5.75 Å². The van der Waals surface area contributed by atoms with Crippen LogP contribution < -0.4 is 5.32 Å². The Morgan fingerprint density at radius 3 is 2.76 bits per heavy atom. The number of benzene rings is 1. The van der Waals surface area contributed by atoms with E-state index in [2.05, 4.69) is 39.1 Å². The molecule has 1 aromatic rings. The molecule has 0 spiro atoms. The van der Waals surface area contributed by atoms with Gasteiger partial charge >= 0.3 is 0 Å². The van der Waals surface area contributed by atoms with Crippen molar-refractivity contribution in [2.24, 2.45) is 0 Å². The Balaban J connectivity index is 2.05. The molecular formula is C18H29NO2. The van der Waals surface area contributed by atoms with E-state index in [1.807, 2.05) is 6.07 Å². The fraction of sp³-hybridized carbons (Fsp3) is 0.667. The molecule has 0 amide bonds. The lowest BCUT2D eigenvalue weighted by Crippen LogP contribution is -2.47. The first-order chi connectivity index (χ1) is 9.99. The Morgan fingerprint density at radius 2 is 2.10 bits per heavy atom. The molecular weight excluding hydrogens is 262 g/mol. The Labute approximate surface area is 128 Å². The summed E-state index contributed by atoms with van der Waals surface area (Å²) in [7, 11) is 0. The van der Waals surface area contributed by atoms with Gasteiger partial charge in [0, 0.05) is 24.3 Å². The van der Waals surface area contributed by atoms with Gasteiger partial charge < -0.3 is 15.2 Å². The summed E-state index contributed by atoms with van der Waals surface area (Å²) in [5.74, 6) is 0.380. The van der Waals surface area contributed by atoms with Crippen LogP contribution in [-0.2, 0) is 4.74 Å². The number of hydrogen-bond acceptors (Lipinski definition) is 3. The topological polar surface area (TPSA) is 41.5 Å². The summed E-state index contributed by atoms with van der Waals surface area (Å²) in [4.78, 5) is 0. The zero-order valence-corrected chi connectivity index (χ0v) is 13.8. The van der Waals surface area contributed by atoms with E-state index in [1.165, 1.54) is 5.56 Å². The largest absolute Gasteiger partial charge is 0.508 e. The van der Waals surface area contributed by atoms with Crippen molar-refractivity contribution in [1.82, 2.24) is 5.32 Å². The molecule has 21 heavy (non-hydrogen) atoms. The predicted octanol–water partition coefficient (Wildman–Crippen LogP) is 4.09. The molecule has 1 aliphatic heterocycles. The molecule has 1 heterocycles. The molecule has 3 nitrogen and oxygen atoms in total. The average Bonchev–Trinajstić information content (AvgIpc) is 2.49. The number of phenols is 1. The van der Waals surface area contributed by atoms with Crippen LogP contribution in [0.4, 0.5) is 0 Å². The SMILES string of the molecule is CCC1(CC)CC(NC(C)c2cc(C)ccc2O)CCO1. The molecule has 1 aromatic carbocycles. The summed E-state index contributed by atoms with van der Waals surface area (Å²) < 4.78 is 6.03. The molecule has 0 saturated carbocycles. The van der Waals surface area contributed by atoms with Crippen molar-refractivity contribution < 1.29 is 9.84 Å². The maximum Gasteiger partial charge on any atom is 0.120 e. The molecule has 3 heteroatoms. The highest BCUT2D eigenvalue weighted by atomic mass is 16.5. The van der Waals surface area contributed by atoms with Crippen LogP contribution in [0.3, 0.4) is 0 Å². The summed E-state index contributed by atoms with van der Waals surface area (Å²) in [5.41, 5.74) is 2.20. The summed E-state index contributed by atoms with van der Waals surface area (Å²) in [6.07, 6.45) is 4.22. The van der Waals surface area contributed by atoms with Gasteiger partial charge in [-0.25, -0.2) is 0 Å². The fourth-order valence-corrected chi connectivity index (χ4v) is 3.38. The smallest absolute Gasteiger partial charge is 0.120 e. The molecule has 2 rings (SSSR count). The van der Waals surface area contributed by atoms with Gasteiger partial charge in [0.05, 0.1) is 5.60 Å². The fourth-order valence-electron chi connectivity index (χ4n) is 3.38. The maximum atomic E-state index is 10.1. The van der Waals surface area contributed by atoms with Crippen LogP contribution in [-0.4, -0.2) is 23.4 Å². The van der Waals surface area contributed by atoms with Crippen LogP contribution >= 0.6 is 0 Å². The van der Waals surface area contributed by atoms with Gasteiger partial charge in [-0.1, -0.05) is 31.5 Å². The Morgan fingerprint density at radius 1 is 1.38 bits per heavy atom. The minimum atomic E-state index is 0.0320. The molecule has 0 aromatic heterocycles. The van der Waals surface area contributed by atoms with Gasteiger partial charge in [-0.3, -0.25) is 0 Å². The van der Waals surface area contributed by atoms with Crippen LogP contribution in [0.25, 0.3) is 0 Å². The molecule has 2 N–H and O–H groups in total.